The third-order valence-electron chi connectivity index (χ3n) is 8.15. The number of methoxy groups -OCH3 is 1. The molecule has 6 aromatic carbocycles. The monoisotopic (exact) mass is 742 g/mol. The van der Waals surface area contributed by atoms with Crippen LogP contribution in [0.5, 0.6) is 17.2 Å². The standard InChI is InChI=1S/C38H30O10S3/c1-25-13-16-30(23-37(25)50(41,42)43)49(39,40)31-17-20-36(38(24-31)51(44,45)46)48-35-19-15-29(22-33(35)27-11-7-4-8-12-27)28-14-18-34(47-2)32(21-28)26-9-5-3-6-10-26/h3-24H,1-2H3,(H,41,42,43)(H,44,45,46). The number of aryl methyl sites for hydroxylation is 1. The maximum absolute atomic E-state index is 13.5. The highest BCUT2D eigenvalue weighted by Crippen LogP contribution is 2.41. The molecule has 0 bridgehead atoms. The molecular weight excluding hydrogens is 713 g/mol. The summed E-state index contributed by atoms with van der Waals surface area (Å²) in [6.07, 6.45) is 0. The molecule has 0 aromatic heterocycles. The molecule has 0 saturated heterocycles. The highest BCUT2D eigenvalue weighted by atomic mass is 32.2. The lowest BCUT2D eigenvalue weighted by atomic mass is 9.95. The van der Waals surface area contributed by atoms with Crippen LogP contribution < -0.4 is 9.47 Å². The van der Waals surface area contributed by atoms with Crippen LogP contribution in [0.15, 0.2) is 153 Å². The number of hydrogen-bond donors (Lipinski definition) is 2. The first-order valence-corrected chi connectivity index (χ1v) is 19.6. The lowest BCUT2D eigenvalue weighted by Gasteiger charge is -2.17. The molecule has 0 radical (unpaired) electrons. The molecule has 0 unspecified atom stereocenters. The highest BCUT2D eigenvalue weighted by molar-refractivity contribution is 7.91. The average Bonchev–Trinajstić information content (AvgIpc) is 3.11. The molecule has 0 heterocycles. The van der Waals surface area contributed by atoms with Crippen LogP contribution >= 0.6 is 0 Å². The van der Waals surface area contributed by atoms with E-state index < -0.39 is 49.7 Å². The van der Waals surface area contributed by atoms with Gasteiger partial charge in [-0.05, 0) is 89.3 Å². The lowest BCUT2D eigenvalue weighted by Crippen LogP contribution is -2.08. The topological polar surface area (TPSA) is 161 Å². The molecule has 51 heavy (non-hydrogen) atoms. The van der Waals surface area contributed by atoms with Crippen molar-refractivity contribution in [2.75, 3.05) is 7.11 Å². The number of benzene rings is 6. The van der Waals surface area contributed by atoms with Crippen LogP contribution in [0.25, 0.3) is 33.4 Å². The molecule has 2 N–H and O–H groups in total. The summed E-state index contributed by atoms with van der Waals surface area (Å²) in [5, 5.41) is 0. The van der Waals surface area contributed by atoms with Gasteiger partial charge in [0.15, 0.2) is 0 Å². The van der Waals surface area contributed by atoms with E-state index >= 15 is 0 Å². The Morgan fingerprint density at radius 1 is 0.471 bits per heavy atom. The SMILES string of the molecule is COc1ccc(-c2ccc(Oc3ccc(S(=O)(=O)c4ccc(C)c(S(=O)(=O)O)c4)cc3S(=O)(=O)O)c(-c3ccccc3)c2)cc1-c1ccccc1. The minimum Gasteiger partial charge on any atom is -0.496 e. The van der Waals surface area contributed by atoms with E-state index in [1.54, 1.807) is 19.2 Å². The molecule has 6 rings (SSSR count). The minimum atomic E-state index is -5.06. The second kappa shape index (κ2) is 13.8. The van der Waals surface area contributed by atoms with Crippen molar-refractivity contribution < 1.29 is 43.8 Å². The van der Waals surface area contributed by atoms with Crippen LogP contribution in [0.3, 0.4) is 0 Å². The zero-order valence-corrected chi connectivity index (χ0v) is 29.5. The minimum absolute atomic E-state index is 0.0997. The van der Waals surface area contributed by atoms with Crippen LogP contribution in [0.4, 0.5) is 0 Å². The average molecular weight is 743 g/mol. The van der Waals surface area contributed by atoms with Crippen molar-refractivity contribution in [3.05, 3.63) is 139 Å². The van der Waals surface area contributed by atoms with Crippen molar-refractivity contribution in [3.63, 3.8) is 0 Å². The number of ether oxygens (including phenoxy) is 2. The Morgan fingerprint density at radius 2 is 0.922 bits per heavy atom. The normalized spacial score (nSPS) is 12.0. The summed E-state index contributed by atoms with van der Waals surface area (Å²) in [5.41, 5.74) is 4.91. The maximum atomic E-state index is 13.5. The van der Waals surface area contributed by atoms with Gasteiger partial charge in [0, 0.05) is 11.1 Å². The maximum Gasteiger partial charge on any atom is 0.298 e. The predicted octanol–water partition coefficient (Wildman–Crippen LogP) is 8.12. The smallest absolute Gasteiger partial charge is 0.298 e. The summed E-state index contributed by atoms with van der Waals surface area (Å²) in [6, 6.07) is 36.0. The van der Waals surface area contributed by atoms with Crippen LogP contribution in [0, 0.1) is 6.92 Å². The van der Waals surface area contributed by atoms with Gasteiger partial charge in [-0.15, -0.1) is 0 Å². The first-order chi connectivity index (χ1) is 24.2. The third kappa shape index (κ3) is 7.43. The van der Waals surface area contributed by atoms with Crippen molar-refractivity contribution >= 4 is 30.1 Å². The van der Waals surface area contributed by atoms with Crippen molar-refractivity contribution in [2.24, 2.45) is 0 Å². The van der Waals surface area contributed by atoms with Gasteiger partial charge in [-0.2, -0.15) is 16.8 Å². The molecule has 0 spiro atoms. The summed E-state index contributed by atoms with van der Waals surface area (Å²) >= 11 is 0. The Hall–Kier alpha value is -5.31. The molecule has 0 saturated carbocycles. The van der Waals surface area contributed by atoms with Gasteiger partial charge in [0.25, 0.3) is 20.2 Å². The summed E-state index contributed by atoms with van der Waals surface area (Å²) in [4.78, 5) is -2.55. The van der Waals surface area contributed by atoms with Crippen molar-refractivity contribution in [2.45, 2.75) is 26.5 Å². The zero-order valence-electron chi connectivity index (χ0n) is 27.1. The Bertz CT molecular complexity index is 2600. The van der Waals surface area contributed by atoms with E-state index in [1.165, 1.54) is 13.0 Å². The molecule has 0 fully saturated rings. The Labute approximate surface area is 296 Å². The molecule has 13 heteroatoms. The fourth-order valence-corrected chi connectivity index (χ4v) is 8.45. The molecule has 10 nitrogen and oxygen atoms in total. The van der Waals surface area contributed by atoms with Crippen LogP contribution in [0.1, 0.15) is 5.56 Å². The van der Waals surface area contributed by atoms with Gasteiger partial charge in [0.1, 0.15) is 22.1 Å². The lowest BCUT2D eigenvalue weighted by molar-refractivity contribution is 0.416. The van der Waals surface area contributed by atoms with E-state index in [4.69, 9.17) is 9.47 Å². The molecular formula is C38H30O10S3. The molecule has 0 aliphatic carbocycles. The van der Waals surface area contributed by atoms with Gasteiger partial charge >= 0.3 is 0 Å². The largest absolute Gasteiger partial charge is 0.496 e. The fourth-order valence-electron chi connectivity index (χ4n) is 5.59. The van der Waals surface area contributed by atoms with Crippen LogP contribution in [-0.4, -0.2) is 41.5 Å². The Kier molecular flexibility index (Phi) is 9.59. The van der Waals surface area contributed by atoms with E-state index in [0.717, 1.165) is 58.1 Å². The fraction of sp³-hybridized carbons (Fsp3) is 0.0526. The molecule has 0 amide bonds. The van der Waals surface area contributed by atoms with E-state index in [0.29, 0.717) is 11.3 Å². The van der Waals surface area contributed by atoms with Gasteiger partial charge in [-0.1, -0.05) is 78.9 Å². The van der Waals surface area contributed by atoms with E-state index in [9.17, 15) is 34.4 Å². The Balaban J connectivity index is 1.44. The number of hydrogen-bond acceptors (Lipinski definition) is 8. The summed E-state index contributed by atoms with van der Waals surface area (Å²) < 4.78 is 108. The predicted molar refractivity (Wildman–Crippen MR) is 192 cm³/mol. The van der Waals surface area contributed by atoms with Gasteiger partial charge in [-0.25, -0.2) is 8.42 Å². The van der Waals surface area contributed by atoms with Crippen LogP contribution in [0.2, 0.25) is 0 Å². The van der Waals surface area contributed by atoms with Crippen molar-refractivity contribution in [1.29, 1.82) is 0 Å². The van der Waals surface area contributed by atoms with E-state index in [-0.39, 0.29) is 17.1 Å². The van der Waals surface area contributed by atoms with E-state index in [2.05, 4.69) is 0 Å². The summed E-state index contributed by atoms with van der Waals surface area (Å²) in [5.74, 6) is 0.538. The molecule has 0 aliphatic heterocycles. The van der Waals surface area contributed by atoms with Gasteiger partial charge < -0.3 is 9.47 Å². The van der Waals surface area contributed by atoms with Gasteiger partial charge in [0.05, 0.1) is 21.8 Å². The molecule has 0 aliphatic rings. The summed E-state index contributed by atoms with van der Waals surface area (Å²) in [7, 11) is -12.8. The Morgan fingerprint density at radius 3 is 1.43 bits per heavy atom. The van der Waals surface area contributed by atoms with Crippen LogP contribution in [-0.2, 0) is 30.1 Å². The molecule has 6 aromatic rings. The third-order valence-corrected chi connectivity index (χ3v) is 11.8. The first-order valence-electron chi connectivity index (χ1n) is 15.2. The van der Waals surface area contributed by atoms with Crippen molar-refractivity contribution in [3.8, 4) is 50.6 Å². The quantitative estimate of drug-likeness (QED) is 0.131. The summed E-state index contributed by atoms with van der Waals surface area (Å²) in [6.45, 7) is 1.37. The number of rotatable bonds is 10. The molecule has 0 atom stereocenters. The first kappa shape index (κ1) is 35.5. The van der Waals surface area contributed by atoms with Gasteiger partial charge in [-0.3, -0.25) is 9.11 Å². The second-order valence-electron chi connectivity index (χ2n) is 11.4. The zero-order chi connectivity index (χ0) is 36.6. The highest BCUT2D eigenvalue weighted by Gasteiger charge is 2.27. The van der Waals surface area contributed by atoms with Gasteiger partial charge in [0.2, 0.25) is 9.84 Å². The molecule has 260 valence electrons. The van der Waals surface area contributed by atoms with E-state index in [1.807, 2.05) is 84.9 Å². The second-order valence-corrected chi connectivity index (χ2v) is 16.2. The number of sulfone groups is 1. The van der Waals surface area contributed by atoms with Crippen molar-refractivity contribution in [1.82, 2.24) is 0 Å².